The molecule has 0 aliphatic heterocycles. The molecule has 1 aromatic carbocycles. The first-order valence-corrected chi connectivity index (χ1v) is 9.56. The summed E-state index contributed by atoms with van der Waals surface area (Å²) in [7, 11) is 3.97. The summed E-state index contributed by atoms with van der Waals surface area (Å²) in [6, 6.07) is 10.4. The van der Waals surface area contributed by atoms with Gasteiger partial charge in [0.25, 0.3) is 0 Å². The van der Waals surface area contributed by atoms with E-state index in [0.717, 1.165) is 47.3 Å². The number of guanidine groups is 1. The molecule has 0 radical (unpaired) electrons. The lowest BCUT2D eigenvalue weighted by Crippen LogP contribution is -2.38. The van der Waals surface area contributed by atoms with Gasteiger partial charge in [0.05, 0.1) is 24.1 Å². The molecule has 148 valence electrons. The quantitative estimate of drug-likeness (QED) is 0.528. The van der Waals surface area contributed by atoms with Crippen LogP contribution in [0.1, 0.15) is 29.4 Å². The molecule has 3 aromatic rings. The second-order valence-electron chi connectivity index (χ2n) is 7.02. The Morgan fingerprint density at radius 3 is 2.68 bits per heavy atom. The van der Waals surface area contributed by atoms with E-state index in [1.54, 1.807) is 0 Å². The fourth-order valence-electron chi connectivity index (χ4n) is 3.26. The number of nitrogens with zero attached hydrogens (tertiary/aromatic N) is 6. The molecule has 0 saturated heterocycles. The van der Waals surface area contributed by atoms with Crippen molar-refractivity contribution in [2.75, 3.05) is 13.6 Å². The summed E-state index contributed by atoms with van der Waals surface area (Å²) in [6.07, 6.45) is 3.91. The molecular weight excluding hydrogens is 350 g/mol. The number of rotatable bonds is 6. The van der Waals surface area contributed by atoms with Gasteiger partial charge >= 0.3 is 0 Å². The topological polar surface area (TPSA) is 63.3 Å². The molecule has 0 aliphatic rings. The van der Waals surface area contributed by atoms with Crippen LogP contribution in [0.15, 0.2) is 47.7 Å². The van der Waals surface area contributed by atoms with Crippen molar-refractivity contribution in [2.24, 2.45) is 12.0 Å². The summed E-state index contributed by atoms with van der Waals surface area (Å²) in [5.74, 6) is 0.870. The van der Waals surface area contributed by atoms with Gasteiger partial charge in [0.15, 0.2) is 5.96 Å². The lowest BCUT2D eigenvalue weighted by molar-refractivity contribution is 0.476. The molecule has 0 bridgehead atoms. The summed E-state index contributed by atoms with van der Waals surface area (Å²) >= 11 is 0. The zero-order valence-corrected chi connectivity index (χ0v) is 17.3. The van der Waals surface area contributed by atoms with E-state index in [4.69, 9.17) is 4.99 Å². The Hall–Kier alpha value is -3.09. The molecule has 0 atom stereocenters. The van der Waals surface area contributed by atoms with E-state index in [0.29, 0.717) is 6.54 Å². The largest absolute Gasteiger partial charge is 0.357 e. The van der Waals surface area contributed by atoms with E-state index in [1.807, 2.05) is 54.9 Å². The molecule has 28 heavy (non-hydrogen) atoms. The Labute approximate surface area is 166 Å². The van der Waals surface area contributed by atoms with Crippen LogP contribution in [-0.2, 0) is 20.1 Å². The van der Waals surface area contributed by atoms with E-state index < -0.39 is 0 Å². The van der Waals surface area contributed by atoms with Crippen molar-refractivity contribution in [3.63, 3.8) is 0 Å². The minimum absolute atomic E-state index is 0.578. The van der Waals surface area contributed by atoms with Crippen molar-refractivity contribution in [1.82, 2.24) is 29.8 Å². The van der Waals surface area contributed by atoms with Crippen LogP contribution in [0.3, 0.4) is 0 Å². The van der Waals surface area contributed by atoms with Gasteiger partial charge in [0.1, 0.15) is 0 Å². The van der Waals surface area contributed by atoms with Gasteiger partial charge in [0.2, 0.25) is 0 Å². The summed E-state index contributed by atoms with van der Waals surface area (Å²) in [5, 5.41) is 12.3. The third kappa shape index (κ3) is 4.60. The molecule has 2 heterocycles. The van der Waals surface area contributed by atoms with Crippen LogP contribution in [0, 0.1) is 13.8 Å². The lowest BCUT2D eigenvalue weighted by Gasteiger charge is -2.21. The maximum atomic E-state index is 4.87. The number of nitrogens with one attached hydrogen (secondary N) is 1. The van der Waals surface area contributed by atoms with Gasteiger partial charge in [-0.2, -0.15) is 10.2 Å². The third-order valence-electron chi connectivity index (χ3n) is 4.50. The van der Waals surface area contributed by atoms with Crippen LogP contribution in [0.5, 0.6) is 0 Å². The van der Waals surface area contributed by atoms with Crippen molar-refractivity contribution in [3.05, 3.63) is 65.2 Å². The molecule has 0 aliphatic carbocycles. The Morgan fingerprint density at radius 2 is 2.04 bits per heavy atom. The average molecular weight is 380 g/mol. The van der Waals surface area contributed by atoms with E-state index >= 15 is 0 Å². The van der Waals surface area contributed by atoms with Crippen molar-refractivity contribution in [1.29, 1.82) is 0 Å². The van der Waals surface area contributed by atoms with Crippen molar-refractivity contribution in [2.45, 2.75) is 33.9 Å². The predicted octanol–water partition coefficient (Wildman–Crippen LogP) is 2.82. The summed E-state index contributed by atoms with van der Waals surface area (Å²) in [5.41, 5.74) is 5.50. The monoisotopic (exact) mass is 379 g/mol. The summed E-state index contributed by atoms with van der Waals surface area (Å²) < 4.78 is 3.81. The second-order valence-corrected chi connectivity index (χ2v) is 7.02. The van der Waals surface area contributed by atoms with Crippen LogP contribution in [0.25, 0.3) is 5.69 Å². The van der Waals surface area contributed by atoms with E-state index in [2.05, 4.69) is 52.5 Å². The van der Waals surface area contributed by atoms with Crippen LogP contribution in [0.2, 0.25) is 0 Å². The molecular formula is C21H29N7. The number of benzene rings is 1. The first-order valence-electron chi connectivity index (χ1n) is 9.56. The molecule has 0 unspecified atom stereocenters. The number of hydrogen-bond acceptors (Lipinski definition) is 3. The van der Waals surface area contributed by atoms with Gasteiger partial charge < -0.3 is 10.2 Å². The highest BCUT2D eigenvalue weighted by molar-refractivity contribution is 5.79. The Kier molecular flexibility index (Phi) is 6.13. The fourth-order valence-corrected chi connectivity index (χ4v) is 3.26. The highest BCUT2D eigenvalue weighted by Gasteiger charge is 2.11. The Morgan fingerprint density at radius 1 is 1.25 bits per heavy atom. The minimum atomic E-state index is 0.578. The minimum Gasteiger partial charge on any atom is -0.357 e. The van der Waals surface area contributed by atoms with Crippen molar-refractivity contribution < 1.29 is 0 Å². The third-order valence-corrected chi connectivity index (χ3v) is 4.50. The lowest BCUT2D eigenvalue weighted by atomic mass is 10.2. The number of aryl methyl sites for hydroxylation is 3. The first kappa shape index (κ1) is 19.7. The van der Waals surface area contributed by atoms with Gasteiger partial charge in [-0.15, -0.1) is 0 Å². The van der Waals surface area contributed by atoms with Gasteiger partial charge in [-0.25, -0.2) is 9.67 Å². The number of hydrogen-bond donors (Lipinski definition) is 1. The molecule has 0 fully saturated rings. The van der Waals surface area contributed by atoms with E-state index in [9.17, 15) is 0 Å². The highest BCUT2D eigenvalue weighted by Crippen LogP contribution is 2.18. The predicted molar refractivity (Wildman–Crippen MR) is 113 cm³/mol. The SMILES string of the molecule is CCNC(=NCc1ccccc1-n1nc(C)cc1C)N(C)Cc1cnn(C)c1. The summed E-state index contributed by atoms with van der Waals surface area (Å²) in [4.78, 5) is 6.99. The molecule has 7 heteroatoms. The Bertz CT molecular complexity index is 951. The Balaban J connectivity index is 1.82. The zero-order chi connectivity index (χ0) is 20.1. The maximum absolute atomic E-state index is 4.87. The van der Waals surface area contributed by atoms with Crippen molar-refractivity contribution in [3.8, 4) is 5.69 Å². The van der Waals surface area contributed by atoms with Gasteiger partial charge in [-0.3, -0.25) is 4.68 Å². The van der Waals surface area contributed by atoms with Gasteiger partial charge in [-0.1, -0.05) is 18.2 Å². The first-order chi connectivity index (χ1) is 13.5. The molecule has 7 nitrogen and oxygen atoms in total. The molecule has 0 spiro atoms. The normalized spacial score (nSPS) is 11.7. The standard InChI is InChI=1S/C21H29N7/c1-6-22-21(26(4)14-18-12-24-27(5)15-18)23-13-19-9-7-8-10-20(19)28-17(3)11-16(2)25-28/h7-12,15H,6,13-14H2,1-5H3,(H,22,23). The van der Waals surface area contributed by atoms with Crippen LogP contribution in [-0.4, -0.2) is 44.0 Å². The van der Waals surface area contributed by atoms with Crippen LogP contribution in [0.4, 0.5) is 0 Å². The molecule has 0 saturated carbocycles. The highest BCUT2D eigenvalue weighted by atomic mass is 15.3. The smallest absolute Gasteiger partial charge is 0.194 e. The zero-order valence-electron chi connectivity index (χ0n) is 17.3. The average Bonchev–Trinajstić information content (AvgIpc) is 3.23. The fraction of sp³-hybridized carbons (Fsp3) is 0.381. The number of para-hydroxylation sites is 1. The number of aromatic nitrogens is 4. The molecule has 2 aromatic heterocycles. The van der Waals surface area contributed by atoms with Crippen LogP contribution >= 0.6 is 0 Å². The molecule has 3 rings (SSSR count). The number of aliphatic imine (C=N–C) groups is 1. The summed E-state index contributed by atoms with van der Waals surface area (Å²) in [6.45, 7) is 8.31. The molecule has 0 amide bonds. The van der Waals surface area contributed by atoms with E-state index in [1.165, 1.54) is 0 Å². The van der Waals surface area contributed by atoms with E-state index in [-0.39, 0.29) is 0 Å². The van der Waals surface area contributed by atoms with Crippen molar-refractivity contribution >= 4 is 5.96 Å². The second kappa shape index (κ2) is 8.73. The molecule has 1 N–H and O–H groups in total. The van der Waals surface area contributed by atoms with Gasteiger partial charge in [0, 0.05) is 44.6 Å². The maximum Gasteiger partial charge on any atom is 0.194 e. The van der Waals surface area contributed by atoms with Crippen LogP contribution < -0.4 is 5.32 Å². The van der Waals surface area contributed by atoms with Gasteiger partial charge in [-0.05, 0) is 38.5 Å².